The van der Waals surface area contributed by atoms with Gasteiger partial charge in [0.15, 0.2) is 5.12 Å². The Morgan fingerprint density at radius 3 is 2.09 bits per heavy atom. The lowest BCUT2D eigenvalue weighted by molar-refractivity contribution is -0.142. The quantitative estimate of drug-likeness (QED) is 0.417. The van der Waals surface area contributed by atoms with Crippen LogP contribution < -0.4 is 0 Å². The summed E-state index contributed by atoms with van der Waals surface area (Å²) in [6.07, 6.45) is 10.3. The van der Waals surface area contributed by atoms with Crippen LogP contribution in [0.5, 0.6) is 0 Å². The van der Waals surface area contributed by atoms with Gasteiger partial charge in [0.2, 0.25) is 0 Å². The van der Waals surface area contributed by atoms with E-state index in [0.29, 0.717) is 18.1 Å². The summed E-state index contributed by atoms with van der Waals surface area (Å²) in [6.45, 7) is 6.35. The molecule has 0 aliphatic rings. The smallest absolute Gasteiger partial charge is 0.306 e. The summed E-state index contributed by atoms with van der Waals surface area (Å²) >= 11 is 1.47. The molecule has 4 heteroatoms. The Morgan fingerprint density at radius 1 is 0.864 bits per heavy atom. The molecular formula is C18H34O3S. The summed E-state index contributed by atoms with van der Waals surface area (Å²) < 4.78 is 0. The van der Waals surface area contributed by atoms with Crippen LogP contribution in [0.25, 0.3) is 0 Å². The molecule has 0 aliphatic carbocycles. The van der Waals surface area contributed by atoms with Gasteiger partial charge >= 0.3 is 5.97 Å². The van der Waals surface area contributed by atoms with E-state index in [4.69, 9.17) is 0 Å². The van der Waals surface area contributed by atoms with E-state index in [-0.39, 0.29) is 11.0 Å². The fourth-order valence-electron chi connectivity index (χ4n) is 2.58. The summed E-state index contributed by atoms with van der Waals surface area (Å²) in [5, 5.41) is 9.87. The number of rotatable bonds is 14. The SMILES string of the molecule is CCCCCC(=O)SC(CCC)CCC(CCCC)C(=O)O. The zero-order chi connectivity index (χ0) is 16.8. The molecule has 130 valence electrons. The third-order valence-electron chi connectivity index (χ3n) is 3.99. The van der Waals surface area contributed by atoms with E-state index in [0.717, 1.165) is 57.8 Å². The lowest BCUT2D eigenvalue weighted by Gasteiger charge is -2.18. The topological polar surface area (TPSA) is 54.4 Å². The molecule has 0 amide bonds. The molecule has 0 saturated carbocycles. The molecule has 0 rings (SSSR count). The summed E-state index contributed by atoms with van der Waals surface area (Å²) in [4.78, 5) is 23.3. The van der Waals surface area contributed by atoms with E-state index in [1.54, 1.807) is 0 Å². The highest BCUT2D eigenvalue weighted by Gasteiger charge is 2.20. The minimum atomic E-state index is -0.678. The number of carboxylic acid groups (broad SMARTS) is 1. The molecule has 0 saturated heterocycles. The molecule has 0 aliphatic heterocycles. The fourth-order valence-corrected chi connectivity index (χ4v) is 3.82. The molecule has 0 radical (unpaired) electrons. The van der Waals surface area contributed by atoms with E-state index in [1.807, 2.05) is 0 Å². The van der Waals surface area contributed by atoms with Crippen molar-refractivity contribution in [1.29, 1.82) is 0 Å². The first-order valence-corrected chi connectivity index (χ1v) is 9.85. The number of carboxylic acids is 1. The normalized spacial score (nSPS) is 13.8. The second-order valence-corrected chi connectivity index (χ2v) is 7.47. The zero-order valence-corrected chi connectivity index (χ0v) is 15.4. The number of aliphatic carboxylic acids is 1. The van der Waals surface area contributed by atoms with E-state index in [2.05, 4.69) is 20.8 Å². The van der Waals surface area contributed by atoms with Crippen LogP contribution in [-0.2, 0) is 9.59 Å². The molecule has 3 nitrogen and oxygen atoms in total. The van der Waals surface area contributed by atoms with Gasteiger partial charge in [0.05, 0.1) is 5.92 Å². The molecule has 0 heterocycles. The number of carbonyl (C=O) groups is 2. The van der Waals surface area contributed by atoms with Crippen molar-refractivity contribution in [3.8, 4) is 0 Å². The van der Waals surface area contributed by atoms with Gasteiger partial charge in [0.25, 0.3) is 0 Å². The standard InChI is InChI=1S/C18H34O3S/c1-4-7-9-12-17(19)22-16(10-6-3)14-13-15(18(20)21)11-8-5-2/h15-16H,4-14H2,1-3H3,(H,20,21). The Balaban J connectivity index is 4.25. The van der Waals surface area contributed by atoms with Crippen molar-refractivity contribution in [1.82, 2.24) is 0 Å². The molecular weight excluding hydrogens is 296 g/mol. The molecule has 1 N–H and O–H groups in total. The minimum absolute atomic E-state index is 0.241. The third kappa shape index (κ3) is 11.1. The second kappa shape index (κ2) is 14.1. The van der Waals surface area contributed by atoms with Gasteiger partial charge in [0.1, 0.15) is 0 Å². The van der Waals surface area contributed by atoms with Crippen molar-refractivity contribution in [2.45, 2.75) is 96.7 Å². The minimum Gasteiger partial charge on any atom is -0.481 e. The van der Waals surface area contributed by atoms with Gasteiger partial charge in [0, 0.05) is 11.7 Å². The van der Waals surface area contributed by atoms with Crippen LogP contribution in [0.3, 0.4) is 0 Å². The van der Waals surface area contributed by atoms with Crippen LogP contribution in [0.1, 0.15) is 91.4 Å². The van der Waals surface area contributed by atoms with Crippen molar-refractivity contribution < 1.29 is 14.7 Å². The van der Waals surface area contributed by atoms with Crippen molar-refractivity contribution in [2.24, 2.45) is 5.92 Å². The number of hydrogen-bond acceptors (Lipinski definition) is 3. The van der Waals surface area contributed by atoms with Gasteiger partial charge < -0.3 is 5.11 Å². The first-order chi connectivity index (χ1) is 10.5. The summed E-state index contributed by atoms with van der Waals surface area (Å²) in [7, 11) is 0. The lowest BCUT2D eigenvalue weighted by Crippen LogP contribution is -2.17. The first-order valence-electron chi connectivity index (χ1n) is 8.97. The number of hydrogen-bond donors (Lipinski definition) is 1. The van der Waals surface area contributed by atoms with Gasteiger partial charge in [-0.2, -0.15) is 0 Å². The molecule has 0 aromatic carbocycles. The maximum Gasteiger partial charge on any atom is 0.306 e. The molecule has 22 heavy (non-hydrogen) atoms. The third-order valence-corrected chi connectivity index (χ3v) is 5.26. The molecule has 0 aromatic rings. The maximum atomic E-state index is 12.0. The molecule has 2 atom stereocenters. The Morgan fingerprint density at radius 2 is 1.55 bits per heavy atom. The van der Waals surface area contributed by atoms with Crippen molar-refractivity contribution in [3.63, 3.8) is 0 Å². The predicted octanol–water partition coefficient (Wildman–Crippen LogP) is 5.67. The second-order valence-electron chi connectivity index (χ2n) is 6.11. The highest BCUT2D eigenvalue weighted by Crippen LogP contribution is 2.27. The number of unbranched alkanes of at least 4 members (excludes halogenated alkanes) is 3. The first kappa shape index (κ1) is 21.5. The summed E-state index contributed by atoms with van der Waals surface area (Å²) in [5.41, 5.74) is 0. The Hall–Kier alpha value is -0.510. The summed E-state index contributed by atoms with van der Waals surface area (Å²) in [6, 6.07) is 0. The number of carbonyl (C=O) groups excluding carboxylic acids is 1. The Bertz CT molecular complexity index is 305. The van der Waals surface area contributed by atoms with Crippen molar-refractivity contribution in [3.05, 3.63) is 0 Å². The fraction of sp³-hybridized carbons (Fsp3) is 0.889. The highest BCUT2D eigenvalue weighted by molar-refractivity contribution is 8.14. The van der Waals surface area contributed by atoms with Gasteiger partial charge in [-0.25, -0.2) is 0 Å². The molecule has 0 spiro atoms. The van der Waals surface area contributed by atoms with Gasteiger partial charge in [-0.1, -0.05) is 64.6 Å². The van der Waals surface area contributed by atoms with E-state index < -0.39 is 5.97 Å². The van der Waals surface area contributed by atoms with E-state index in [9.17, 15) is 14.7 Å². The maximum absolute atomic E-state index is 12.0. The average molecular weight is 331 g/mol. The van der Waals surface area contributed by atoms with Crippen molar-refractivity contribution >= 4 is 22.8 Å². The average Bonchev–Trinajstić information content (AvgIpc) is 2.47. The molecule has 0 bridgehead atoms. The van der Waals surface area contributed by atoms with Crippen LogP contribution in [0, 0.1) is 5.92 Å². The molecule has 0 aromatic heterocycles. The van der Waals surface area contributed by atoms with Crippen LogP contribution in [0.15, 0.2) is 0 Å². The monoisotopic (exact) mass is 330 g/mol. The summed E-state index contributed by atoms with van der Waals surface area (Å²) in [5.74, 6) is -0.918. The predicted molar refractivity (Wildman–Crippen MR) is 95.3 cm³/mol. The number of thioether (sulfide) groups is 1. The van der Waals surface area contributed by atoms with E-state index >= 15 is 0 Å². The zero-order valence-electron chi connectivity index (χ0n) is 14.6. The van der Waals surface area contributed by atoms with Gasteiger partial charge in [-0.05, 0) is 32.1 Å². The van der Waals surface area contributed by atoms with Gasteiger partial charge in [-0.15, -0.1) is 0 Å². The Labute approximate surface area is 140 Å². The largest absolute Gasteiger partial charge is 0.481 e. The van der Waals surface area contributed by atoms with Gasteiger partial charge in [-0.3, -0.25) is 9.59 Å². The highest BCUT2D eigenvalue weighted by atomic mass is 32.2. The van der Waals surface area contributed by atoms with Crippen LogP contribution in [-0.4, -0.2) is 21.4 Å². The van der Waals surface area contributed by atoms with E-state index in [1.165, 1.54) is 11.8 Å². The Kier molecular flexibility index (Phi) is 13.8. The molecule has 0 fully saturated rings. The van der Waals surface area contributed by atoms with Crippen LogP contribution in [0.2, 0.25) is 0 Å². The lowest BCUT2D eigenvalue weighted by atomic mass is 9.95. The van der Waals surface area contributed by atoms with Crippen LogP contribution in [0.4, 0.5) is 0 Å². The molecule has 2 unspecified atom stereocenters. The van der Waals surface area contributed by atoms with Crippen molar-refractivity contribution in [2.75, 3.05) is 0 Å². The van der Waals surface area contributed by atoms with Crippen LogP contribution >= 0.6 is 11.8 Å².